The molecule has 3 nitrogen and oxygen atoms in total. The summed E-state index contributed by atoms with van der Waals surface area (Å²) in [5, 5.41) is -1.23. The predicted octanol–water partition coefficient (Wildman–Crippen LogP) is 2.08. The van der Waals surface area contributed by atoms with Gasteiger partial charge >= 0.3 is 0 Å². The lowest BCUT2D eigenvalue weighted by Gasteiger charge is -1.91. The first-order chi connectivity index (χ1) is 5.54. The zero-order valence-electron chi connectivity index (χ0n) is 6.15. The summed E-state index contributed by atoms with van der Waals surface area (Å²) >= 11 is 10.4. The molecule has 0 spiro atoms. The molecule has 0 aliphatic carbocycles. The molecule has 0 saturated heterocycles. The Bertz CT molecular complexity index is 312. The van der Waals surface area contributed by atoms with Gasteiger partial charge in [0.2, 0.25) is 0 Å². The summed E-state index contributed by atoms with van der Waals surface area (Å²) in [6.07, 6.45) is 1.36. The van der Waals surface area contributed by atoms with Crippen molar-refractivity contribution < 1.29 is 9.59 Å². The Morgan fingerprint density at radius 1 is 1.33 bits per heavy atom. The first-order valence-electron chi connectivity index (χ1n) is 3.11. The van der Waals surface area contributed by atoms with Crippen LogP contribution in [0.5, 0.6) is 0 Å². The standard InChI is InChI=1S/C7H5Cl2NO2/c1-3-4(6(8)11)2-10-5(3)7(9)12/h2,10H,1H3. The van der Waals surface area contributed by atoms with Crippen LogP contribution >= 0.6 is 23.2 Å². The Kier molecular flexibility index (Phi) is 2.55. The molecule has 64 valence electrons. The van der Waals surface area contributed by atoms with Crippen LogP contribution in [0.25, 0.3) is 0 Å². The van der Waals surface area contributed by atoms with Crippen molar-refractivity contribution in [2.24, 2.45) is 0 Å². The Morgan fingerprint density at radius 3 is 2.17 bits per heavy atom. The minimum Gasteiger partial charge on any atom is -0.357 e. The van der Waals surface area contributed by atoms with Gasteiger partial charge < -0.3 is 4.98 Å². The molecule has 1 aromatic heterocycles. The topological polar surface area (TPSA) is 49.9 Å². The average molecular weight is 206 g/mol. The van der Waals surface area contributed by atoms with Crippen LogP contribution in [0.4, 0.5) is 0 Å². The summed E-state index contributed by atoms with van der Waals surface area (Å²) in [6.45, 7) is 1.60. The van der Waals surface area contributed by atoms with Crippen molar-refractivity contribution >= 4 is 33.7 Å². The second-order valence-electron chi connectivity index (χ2n) is 2.25. The van der Waals surface area contributed by atoms with Crippen LogP contribution < -0.4 is 0 Å². The maximum Gasteiger partial charge on any atom is 0.268 e. The van der Waals surface area contributed by atoms with Gasteiger partial charge in [-0.05, 0) is 35.7 Å². The van der Waals surface area contributed by atoms with Crippen molar-refractivity contribution in [3.05, 3.63) is 23.0 Å². The lowest BCUT2D eigenvalue weighted by molar-refractivity contribution is 0.107. The summed E-state index contributed by atoms with van der Waals surface area (Å²) in [6, 6.07) is 0. The van der Waals surface area contributed by atoms with Gasteiger partial charge in [-0.25, -0.2) is 0 Å². The Balaban J connectivity index is 3.22. The van der Waals surface area contributed by atoms with E-state index >= 15 is 0 Å². The lowest BCUT2D eigenvalue weighted by atomic mass is 10.2. The minimum atomic E-state index is -0.628. The van der Waals surface area contributed by atoms with Gasteiger partial charge in [0.05, 0.1) is 5.56 Å². The molecule has 0 atom stereocenters. The molecule has 0 bridgehead atoms. The SMILES string of the molecule is Cc1c(C(=O)Cl)c[nH]c1C(=O)Cl. The quantitative estimate of drug-likeness (QED) is 0.753. The van der Waals surface area contributed by atoms with Crippen molar-refractivity contribution in [1.82, 2.24) is 4.98 Å². The fourth-order valence-electron chi connectivity index (χ4n) is 0.904. The number of rotatable bonds is 2. The van der Waals surface area contributed by atoms with E-state index in [0.29, 0.717) is 5.56 Å². The maximum atomic E-state index is 10.7. The number of aromatic nitrogens is 1. The van der Waals surface area contributed by atoms with Crippen LogP contribution in [0, 0.1) is 6.92 Å². The fourth-order valence-corrected chi connectivity index (χ4v) is 1.30. The van der Waals surface area contributed by atoms with Gasteiger partial charge in [0.15, 0.2) is 0 Å². The van der Waals surface area contributed by atoms with Crippen molar-refractivity contribution in [1.29, 1.82) is 0 Å². The van der Waals surface area contributed by atoms with E-state index in [-0.39, 0.29) is 11.3 Å². The van der Waals surface area contributed by atoms with Gasteiger partial charge in [-0.3, -0.25) is 9.59 Å². The zero-order chi connectivity index (χ0) is 9.30. The molecule has 0 amide bonds. The molecule has 1 aromatic rings. The average Bonchev–Trinajstić information content (AvgIpc) is 2.30. The number of H-pyrrole nitrogens is 1. The van der Waals surface area contributed by atoms with E-state index in [4.69, 9.17) is 23.2 Å². The molecular formula is C7H5Cl2NO2. The summed E-state index contributed by atoms with van der Waals surface area (Å²) < 4.78 is 0. The molecule has 0 saturated carbocycles. The minimum absolute atomic E-state index is 0.209. The van der Waals surface area contributed by atoms with Crippen LogP contribution in [-0.2, 0) is 0 Å². The van der Waals surface area contributed by atoms with Crippen LogP contribution in [0.15, 0.2) is 6.20 Å². The molecule has 1 heterocycles. The number of hydrogen-bond acceptors (Lipinski definition) is 2. The predicted molar refractivity (Wildman–Crippen MR) is 45.9 cm³/mol. The molecule has 0 aromatic carbocycles. The van der Waals surface area contributed by atoms with Crippen molar-refractivity contribution in [2.75, 3.05) is 0 Å². The fraction of sp³-hybridized carbons (Fsp3) is 0.143. The third-order valence-corrected chi connectivity index (χ3v) is 1.94. The second kappa shape index (κ2) is 3.29. The number of nitrogens with one attached hydrogen (secondary N) is 1. The summed E-state index contributed by atoms with van der Waals surface area (Å²) in [5.74, 6) is 0. The largest absolute Gasteiger partial charge is 0.357 e. The Morgan fingerprint density at radius 2 is 1.92 bits per heavy atom. The van der Waals surface area contributed by atoms with Gasteiger partial charge in [0.1, 0.15) is 5.69 Å². The van der Waals surface area contributed by atoms with E-state index in [9.17, 15) is 9.59 Å². The molecule has 12 heavy (non-hydrogen) atoms. The van der Waals surface area contributed by atoms with Gasteiger partial charge in [-0.2, -0.15) is 0 Å². The third-order valence-electron chi connectivity index (χ3n) is 1.55. The van der Waals surface area contributed by atoms with Gasteiger partial charge in [-0.15, -0.1) is 0 Å². The lowest BCUT2D eigenvalue weighted by Crippen LogP contribution is -1.94. The summed E-state index contributed by atoms with van der Waals surface area (Å²) in [4.78, 5) is 23.9. The molecular weight excluding hydrogens is 201 g/mol. The highest BCUT2D eigenvalue weighted by atomic mass is 35.5. The second-order valence-corrected chi connectivity index (χ2v) is 2.94. The maximum absolute atomic E-state index is 10.7. The first-order valence-corrected chi connectivity index (χ1v) is 3.87. The van der Waals surface area contributed by atoms with E-state index in [2.05, 4.69) is 4.98 Å². The van der Waals surface area contributed by atoms with Gasteiger partial charge in [0, 0.05) is 6.20 Å². The molecule has 0 unspecified atom stereocenters. The third kappa shape index (κ3) is 1.52. The highest BCUT2D eigenvalue weighted by molar-refractivity contribution is 6.69. The molecule has 0 radical (unpaired) electrons. The number of halogens is 2. The Hall–Kier alpha value is -0.800. The molecule has 0 aliphatic heterocycles. The highest BCUT2D eigenvalue weighted by Gasteiger charge is 2.15. The van der Waals surface area contributed by atoms with E-state index in [0.717, 1.165) is 0 Å². The number of carbonyl (C=O) groups is 2. The number of aromatic amines is 1. The molecule has 0 aliphatic rings. The zero-order valence-corrected chi connectivity index (χ0v) is 7.66. The molecule has 1 N–H and O–H groups in total. The van der Waals surface area contributed by atoms with E-state index in [1.807, 2.05) is 0 Å². The van der Waals surface area contributed by atoms with E-state index < -0.39 is 10.5 Å². The summed E-state index contributed by atoms with van der Waals surface area (Å²) in [7, 11) is 0. The van der Waals surface area contributed by atoms with E-state index in [1.54, 1.807) is 6.92 Å². The molecule has 0 fully saturated rings. The normalized spacial score (nSPS) is 9.92. The first kappa shape index (κ1) is 9.29. The van der Waals surface area contributed by atoms with Gasteiger partial charge in [-0.1, -0.05) is 0 Å². The smallest absolute Gasteiger partial charge is 0.268 e. The summed E-state index contributed by atoms with van der Waals surface area (Å²) in [5.41, 5.74) is 0.969. The number of hydrogen-bond donors (Lipinski definition) is 1. The van der Waals surface area contributed by atoms with Crippen LogP contribution in [0.1, 0.15) is 26.4 Å². The molecule has 1 rings (SSSR count). The van der Waals surface area contributed by atoms with Crippen molar-refractivity contribution in [2.45, 2.75) is 6.92 Å². The van der Waals surface area contributed by atoms with Crippen LogP contribution in [-0.4, -0.2) is 15.5 Å². The van der Waals surface area contributed by atoms with Gasteiger partial charge in [0.25, 0.3) is 10.5 Å². The van der Waals surface area contributed by atoms with Crippen molar-refractivity contribution in [3.8, 4) is 0 Å². The molecule has 5 heteroatoms. The van der Waals surface area contributed by atoms with Crippen molar-refractivity contribution in [3.63, 3.8) is 0 Å². The van der Waals surface area contributed by atoms with Crippen LogP contribution in [0.3, 0.4) is 0 Å². The van der Waals surface area contributed by atoms with E-state index in [1.165, 1.54) is 6.20 Å². The number of carbonyl (C=O) groups excluding carboxylic acids is 2. The Labute approximate surface area is 78.7 Å². The highest BCUT2D eigenvalue weighted by Crippen LogP contribution is 2.16. The van der Waals surface area contributed by atoms with Crippen LogP contribution in [0.2, 0.25) is 0 Å². The monoisotopic (exact) mass is 205 g/mol.